The smallest absolute Gasteiger partial charge is 0.342 e. The van der Waals surface area contributed by atoms with Gasteiger partial charge in [-0.05, 0) is 62.4 Å². The molecule has 0 saturated heterocycles. The van der Waals surface area contributed by atoms with Gasteiger partial charge in [-0.1, -0.05) is 11.6 Å². The van der Waals surface area contributed by atoms with Crippen LogP contribution in [0, 0.1) is 13.8 Å². The number of hydrogen-bond donors (Lipinski definition) is 2. The topological polar surface area (TPSA) is 129 Å². The average molecular weight is 463 g/mol. The number of nitrogens with two attached hydrogens (primary N) is 1. The summed E-state index contributed by atoms with van der Waals surface area (Å²) in [6.45, 7) is 2.98. The zero-order chi connectivity index (χ0) is 22.9. The molecule has 0 saturated carbocycles. The molecule has 0 fully saturated rings. The minimum absolute atomic E-state index is 0.0220. The molecule has 0 spiro atoms. The number of hydrogen-bond acceptors (Lipinski definition) is 6. The van der Waals surface area contributed by atoms with Crippen molar-refractivity contribution < 1.29 is 27.9 Å². The first-order chi connectivity index (χ1) is 14.5. The quantitative estimate of drug-likeness (QED) is 0.427. The summed E-state index contributed by atoms with van der Waals surface area (Å²) < 4.78 is 29.7. The number of Topliss-reactive ketones (excluding diaryl/α,β-unsaturated/α-hetero) is 1. The highest BCUT2D eigenvalue weighted by Gasteiger charge is 2.20. The molecule has 1 aromatic heterocycles. The maximum Gasteiger partial charge on any atom is 0.342 e. The average Bonchev–Trinajstić information content (AvgIpc) is 3.01. The molecule has 162 valence electrons. The third kappa shape index (κ3) is 4.79. The highest BCUT2D eigenvalue weighted by atomic mass is 35.5. The lowest BCUT2D eigenvalue weighted by molar-refractivity contribution is 0.0471. The zero-order valence-corrected chi connectivity index (χ0v) is 18.2. The van der Waals surface area contributed by atoms with E-state index in [1.54, 1.807) is 36.6 Å². The number of aryl methyl sites for hydroxylation is 1. The molecule has 3 aromatic rings. The van der Waals surface area contributed by atoms with Crippen LogP contribution in [0.15, 0.2) is 53.4 Å². The molecule has 1 heterocycles. The lowest BCUT2D eigenvalue weighted by atomic mass is 10.1. The van der Waals surface area contributed by atoms with E-state index in [9.17, 15) is 23.1 Å². The summed E-state index contributed by atoms with van der Waals surface area (Å²) in [4.78, 5) is 24.8. The van der Waals surface area contributed by atoms with Crippen LogP contribution in [0.3, 0.4) is 0 Å². The second-order valence-electron chi connectivity index (χ2n) is 6.82. The third-order valence-corrected chi connectivity index (χ3v) is 5.83. The van der Waals surface area contributed by atoms with Gasteiger partial charge in [0.05, 0.1) is 4.90 Å². The van der Waals surface area contributed by atoms with Crippen molar-refractivity contribution in [1.82, 2.24) is 4.57 Å². The highest BCUT2D eigenvalue weighted by molar-refractivity contribution is 7.89. The zero-order valence-electron chi connectivity index (χ0n) is 16.6. The molecule has 2 aromatic carbocycles. The number of ketones is 1. The van der Waals surface area contributed by atoms with E-state index in [-0.39, 0.29) is 21.2 Å². The maximum atomic E-state index is 12.7. The van der Waals surface area contributed by atoms with Gasteiger partial charge in [-0.15, -0.1) is 0 Å². The van der Waals surface area contributed by atoms with E-state index in [1.165, 1.54) is 30.3 Å². The summed E-state index contributed by atoms with van der Waals surface area (Å²) in [6.07, 6.45) is 0. The number of rotatable bonds is 6. The van der Waals surface area contributed by atoms with Crippen molar-refractivity contribution in [2.24, 2.45) is 5.14 Å². The fraction of sp³-hybridized carbons (Fsp3) is 0.143. The molecule has 0 radical (unpaired) electrons. The number of esters is 1. The number of aromatic hydroxyl groups is 1. The number of nitrogens with zero attached hydrogens (tertiary/aromatic N) is 1. The Morgan fingerprint density at radius 1 is 1.06 bits per heavy atom. The summed E-state index contributed by atoms with van der Waals surface area (Å²) in [7, 11) is -3.81. The SMILES string of the molecule is Cc1cc(C(=O)COC(=O)c2cc(Cl)ccc2O)c(C)n1-c1ccc(S(N)(=O)=O)cc1. The van der Waals surface area contributed by atoms with Crippen LogP contribution in [0.2, 0.25) is 5.02 Å². The Kier molecular flexibility index (Phi) is 6.21. The van der Waals surface area contributed by atoms with Crippen molar-refractivity contribution in [2.75, 3.05) is 6.61 Å². The molecule has 0 unspecified atom stereocenters. The number of halogens is 1. The minimum Gasteiger partial charge on any atom is -0.507 e. The molecule has 0 aliphatic carbocycles. The summed E-state index contributed by atoms with van der Waals surface area (Å²) in [6, 6.07) is 11.5. The first-order valence-electron chi connectivity index (χ1n) is 9.00. The van der Waals surface area contributed by atoms with E-state index in [1.807, 2.05) is 0 Å². The number of benzene rings is 2. The lowest BCUT2D eigenvalue weighted by Gasteiger charge is -2.11. The fourth-order valence-electron chi connectivity index (χ4n) is 3.19. The first kappa shape index (κ1) is 22.5. The molecule has 8 nitrogen and oxygen atoms in total. The summed E-state index contributed by atoms with van der Waals surface area (Å²) in [5.41, 5.74) is 2.16. The number of phenols is 1. The van der Waals surface area contributed by atoms with Crippen LogP contribution in [0.1, 0.15) is 32.1 Å². The van der Waals surface area contributed by atoms with E-state index >= 15 is 0 Å². The Hall–Kier alpha value is -3.14. The van der Waals surface area contributed by atoms with Crippen molar-refractivity contribution in [3.05, 3.63) is 76.1 Å². The number of ether oxygens (including phenoxy) is 1. The Morgan fingerprint density at radius 2 is 1.71 bits per heavy atom. The molecule has 0 amide bonds. The number of carbonyl (C=O) groups is 2. The number of carbonyl (C=O) groups excluding carboxylic acids is 2. The van der Waals surface area contributed by atoms with Gasteiger partial charge >= 0.3 is 5.97 Å². The Bertz CT molecular complexity index is 1280. The Morgan fingerprint density at radius 3 is 2.32 bits per heavy atom. The van der Waals surface area contributed by atoms with Crippen molar-refractivity contribution in [3.63, 3.8) is 0 Å². The molecule has 10 heteroatoms. The molecule has 3 rings (SSSR count). The molecule has 31 heavy (non-hydrogen) atoms. The largest absolute Gasteiger partial charge is 0.507 e. The first-order valence-corrected chi connectivity index (χ1v) is 10.9. The van der Waals surface area contributed by atoms with Crippen LogP contribution in [-0.2, 0) is 14.8 Å². The summed E-state index contributed by atoms with van der Waals surface area (Å²) >= 11 is 5.82. The molecule has 0 bridgehead atoms. The van der Waals surface area contributed by atoms with Crippen molar-refractivity contribution in [3.8, 4) is 11.4 Å². The summed E-state index contributed by atoms with van der Waals surface area (Å²) in [5, 5.41) is 15.1. The molecular weight excluding hydrogens is 444 g/mol. The van der Waals surface area contributed by atoms with Crippen LogP contribution in [-0.4, -0.2) is 36.5 Å². The third-order valence-electron chi connectivity index (χ3n) is 4.67. The van der Waals surface area contributed by atoms with Gasteiger partial charge in [0, 0.05) is 27.7 Å². The van der Waals surface area contributed by atoms with Gasteiger partial charge in [0.25, 0.3) is 0 Å². The van der Waals surface area contributed by atoms with E-state index in [2.05, 4.69) is 0 Å². The molecule has 0 aliphatic rings. The van der Waals surface area contributed by atoms with Gasteiger partial charge in [-0.2, -0.15) is 0 Å². The van der Waals surface area contributed by atoms with Crippen molar-refractivity contribution in [2.45, 2.75) is 18.7 Å². The highest BCUT2D eigenvalue weighted by Crippen LogP contribution is 2.24. The Labute approximate surface area is 183 Å². The predicted molar refractivity (Wildman–Crippen MR) is 114 cm³/mol. The van der Waals surface area contributed by atoms with Gasteiger partial charge in [-0.25, -0.2) is 18.4 Å². The second kappa shape index (κ2) is 8.54. The van der Waals surface area contributed by atoms with Crippen molar-refractivity contribution in [1.29, 1.82) is 0 Å². The van der Waals surface area contributed by atoms with E-state index in [0.717, 1.165) is 5.69 Å². The second-order valence-corrected chi connectivity index (χ2v) is 8.82. The van der Waals surface area contributed by atoms with Crippen LogP contribution in [0.25, 0.3) is 5.69 Å². The molecule has 3 N–H and O–H groups in total. The number of sulfonamides is 1. The standard InChI is InChI=1S/C21H19ClN2O6S/c1-12-9-17(13(2)24(12)15-4-6-16(7-5-15)31(23,28)29)20(26)11-30-21(27)18-10-14(22)3-8-19(18)25/h3-10,25H,11H2,1-2H3,(H2,23,28,29). The molecule has 0 aliphatic heterocycles. The number of primary sulfonamides is 1. The van der Waals surface area contributed by atoms with Gasteiger partial charge < -0.3 is 14.4 Å². The molecular formula is C21H19ClN2O6S. The lowest BCUT2D eigenvalue weighted by Crippen LogP contribution is -2.15. The van der Waals surface area contributed by atoms with Crippen LogP contribution < -0.4 is 5.14 Å². The van der Waals surface area contributed by atoms with Gasteiger partial charge in [0.1, 0.15) is 11.3 Å². The normalized spacial score (nSPS) is 11.4. The monoisotopic (exact) mass is 462 g/mol. The fourth-order valence-corrected chi connectivity index (χ4v) is 3.87. The van der Waals surface area contributed by atoms with Crippen LogP contribution >= 0.6 is 11.6 Å². The van der Waals surface area contributed by atoms with E-state index < -0.39 is 28.4 Å². The van der Waals surface area contributed by atoms with Crippen LogP contribution in [0.4, 0.5) is 0 Å². The van der Waals surface area contributed by atoms with Crippen LogP contribution in [0.5, 0.6) is 5.75 Å². The molecule has 0 atom stereocenters. The van der Waals surface area contributed by atoms with Crippen molar-refractivity contribution >= 4 is 33.4 Å². The van der Waals surface area contributed by atoms with E-state index in [0.29, 0.717) is 16.9 Å². The number of aromatic nitrogens is 1. The Balaban J connectivity index is 1.80. The van der Waals surface area contributed by atoms with Gasteiger partial charge in [0.15, 0.2) is 6.61 Å². The summed E-state index contributed by atoms with van der Waals surface area (Å²) in [5.74, 6) is -1.61. The predicted octanol–water partition coefficient (Wildman–Crippen LogP) is 3.14. The van der Waals surface area contributed by atoms with Gasteiger partial charge in [-0.3, -0.25) is 4.79 Å². The van der Waals surface area contributed by atoms with Gasteiger partial charge in [0.2, 0.25) is 15.8 Å². The minimum atomic E-state index is -3.81. The maximum absolute atomic E-state index is 12.7. The van der Waals surface area contributed by atoms with E-state index in [4.69, 9.17) is 21.5 Å². The number of phenolic OH excluding ortho intramolecular Hbond substituents is 1.